The lowest BCUT2D eigenvalue weighted by Crippen LogP contribution is -2.34. The maximum absolute atomic E-state index is 6.36. The molecule has 0 amide bonds. The van der Waals surface area contributed by atoms with Crippen LogP contribution < -0.4 is 5.32 Å². The fourth-order valence-electron chi connectivity index (χ4n) is 2.51. The first-order chi connectivity index (χ1) is 7.47. The fourth-order valence-corrected chi connectivity index (χ4v) is 3.07. The molecule has 0 heterocycles. The number of alkyl halides is 1. The van der Waals surface area contributed by atoms with Gasteiger partial charge in [0.1, 0.15) is 0 Å². The molecule has 1 saturated carbocycles. The number of hydrogen-bond acceptors (Lipinski definition) is 1. The van der Waals surface area contributed by atoms with Crippen LogP contribution in [0.25, 0.3) is 0 Å². The SMILES string of the molecule is CC(C)(C)CC(Cl)CNC1CCCCCC1. The average Bonchev–Trinajstić information content (AvgIpc) is 2.39. The normalized spacial score (nSPS) is 21.8. The van der Waals surface area contributed by atoms with Crippen LogP contribution in [-0.4, -0.2) is 18.0 Å². The quantitative estimate of drug-likeness (QED) is 0.574. The van der Waals surface area contributed by atoms with Gasteiger partial charge in [-0.15, -0.1) is 11.6 Å². The Balaban J connectivity index is 2.17. The Bertz CT molecular complexity index is 178. The van der Waals surface area contributed by atoms with Crippen LogP contribution in [-0.2, 0) is 0 Å². The molecular formula is C14H28ClN. The predicted octanol–water partition coefficient (Wildman–Crippen LogP) is 4.34. The van der Waals surface area contributed by atoms with E-state index in [4.69, 9.17) is 11.6 Å². The molecule has 1 unspecified atom stereocenters. The van der Waals surface area contributed by atoms with E-state index in [0.29, 0.717) is 5.41 Å². The van der Waals surface area contributed by atoms with Gasteiger partial charge in [-0.25, -0.2) is 0 Å². The van der Waals surface area contributed by atoms with Gasteiger partial charge in [-0.2, -0.15) is 0 Å². The van der Waals surface area contributed by atoms with Crippen LogP contribution >= 0.6 is 11.6 Å². The molecule has 1 atom stereocenters. The van der Waals surface area contributed by atoms with Crippen LogP contribution in [0.15, 0.2) is 0 Å². The van der Waals surface area contributed by atoms with E-state index in [2.05, 4.69) is 26.1 Å². The summed E-state index contributed by atoms with van der Waals surface area (Å²) in [4.78, 5) is 0. The van der Waals surface area contributed by atoms with E-state index in [1.165, 1.54) is 38.5 Å². The monoisotopic (exact) mass is 245 g/mol. The summed E-state index contributed by atoms with van der Waals surface area (Å²) in [5, 5.41) is 3.93. The van der Waals surface area contributed by atoms with Gasteiger partial charge in [0.05, 0.1) is 0 Å². The van der Waals surface area contributed by atoms with Crippen molar-refractivity contribution in [3.05, 3.63) is 0 Å². The van der Waals surface area contributed by atoms with Crippen LogP contribution in [0.1, 0.15) is 65.7 Å². The van der Waals surface area contributed by atoms with Gasteiger partial charge < -0.3 is 5.32 Å². The summed E-state index contributed by atoms with van der Waals surface area (Å²) in [7, 11) is 0. The summed E-state index contributed by atoms with van der Waals surface area (Å²) in [6.45, 7) is 7.75. The number of rotatable bonds is 4. The lowest BCUT2D eigenvalue weighted by Gasteiger charge is -2.24. The van der Waals surface area contributed by atoms with Crippen molar-refractivity contribution < 1.29 is 0 Å². The van der Waals surface area contributed by atoms with Crippen LogP contribution in [0.2, 0.25) is 0 Å². The Hall–Kier alpha value is 0.250. The molecule has 0 bridgehead atoms. The zero-order valence-corrected chi connectivity index (χ0v) is 11.9. The van der Waals surface area contributed by atoms with Crippen LogP contribution in [0, 0.1) is 5.41 Å². The molecule has 1 fully saturated rings. The second-order valence-corrected chi connectivity index (χ2v) is 7.08. The highest BCUT2D eigenvalue weighted by atomic mass is 35.5. The summed E-state index contributed by atoms with van der Waals surface area (Å²) in [6.07, 6.45) is 9.41. The highest BCUT2D eigenvalue weighted by Gasteiger charge is 2.18. The Morgan fingerprint density at radius 2 is 1.69 bits per heavy atom. The molecule has 0 aliphatic heterocycles. The van der Waals surface area contributed by atoms with Crippen molar-refractivity contribution in [1.82, 2.24) is 5.32 Å². The molecule has 1 N–H and O–H groups in total. The van der Waals surface area contributed by atoms with Gasteiger partial charge in [-0.1, -0.05) is 46.5 Å². The van der Waals surface area contributed by atoms with Gasteiger partial charge in [-0.3, -0.25) is 0 Å². The molecule has 0 aromatic heterocycles. The average molecular weight is 246 g/mol. The molecule has 0 aromatic rings. The first-order valence-corrected chi connectivity index (χ1v) is 7.28. The Labute approximate surface area is 106 Å². The summed E-state index contributed by atoms with van der Waals surface area (Å²) >= 11 is 6.36. The van der Waals surface area contributed by atoms with Crippen molar-refractivity contribution in [2.24, 2.45) is 5.41 Å². The third-order valence-corrected chi connectivity index (χ3v) is 3.63. The van der Waals surface area contributed by atoms with Crippen LogP contribution in [0.3, 0.4) is 0 Å². The minimum Gasteiger partial charge on any atom is -0.313 e. The molecule has 0 radical (unpaired) electrons. The predicted molar refractivity (Wildman–Crippen MR) is 73.2 cm³/mol. The lowest BCUT2D eigenvalue weighted by molar-refractivity contribution is 0.354. The fraction of sp³-hybridized carbons (Fsp3) is 1.00. The number of halogens is 1. The van der Waals surface area contributed by atoms with Gasteiger partial charge >= 0.3 is 0 Å². The molecule has 0 spiro atoms. The van der Waals surface area contributed by atoms with E-state index in [-0.39, 0.29) is 5.38 Å². The van der Waals surface area contributed by atoms with Crippen molar-refractivity contribution in [1.29, 1.82) is 0 Å². The minimum absolute atomic E-state index is 0.281. The largest absolute Gasteiger partial charge is 0.313 e. The molecule has 0 aromatic carbocycles. The molecule has 96 valence electrons. The highest BCUT2D eigenvalue weighted by Crippen LogP contribution is 2.24. The van der Waals surface area contributed by atoms with Crippen molar-refractivity contribution >= 4 is 11.6 Å². The van der Waals surface area contributed by atoms with Gasteiger partial charge in [0.25, 0.3) is 0 Å². The maximum Gasteiger partial charge on any atom is 0.0465 e. The van der Waals surface area contributed by atoms with Crippen molar-refractivity contribution in [2.45, 2.75) is 77.1 Å². The van der Waals surface area contributed by atoms with Gasteiger partial charge in [0.2, 0.25) is 0 Å². The maximum atomic E-state index is 6.36. The van der Waals surface area contributed by atoms with Gasteiger partial charge in [-0.05, 0) is 24.7 Å². The summed E-state index contributed by atoms with van der Waals surface area (Å²) in [5.74, 6) is 0. The third kappa shape index (κ3) is 6.75. The van der Waals surface area contributed by atoms with E-state index >= 15 is 0 Å². The van der Waals surface area contributed by atoms with Crippen molar-refractivity contribution in [3.8, 4) is 0 Å². The van der Waals surface area contributed by atoms with E-state index in [1.807, 2.05) is 0 Å². The first-order valence-electron chi connectivity index (χ1n) is 6.85. The Morgan fingerprint density at radius 3 is 2.19 bits per heavy atom. The van der Waals surface area contributed by atoms with E-state index in [0.717, 1.165) is 19.0 Å². The zero-order valence-electron chi connectivity index (χ0n) is 11.2. The minimum atomic E-state index is 0.281. The van der Waals surface area contributed by atoms with Crippen molar-refractivity contribution in [3.63, 3.8) is 0 Å². The summed E-state index contributed by atoms with van der Waals surface area (Å²) in [6, 6.07) is 0.726. The molecule has 16 heavy (non-hydrogen) atoms. The second kappa shape index (κ2) is 6.86. The highest BCUT2D eigenvalue weighted by molar-refractivity contribution is 6.20. The number of nitrogens with one attached hydrogen (secondary N) is 1. The van der Waals surface area contributed by atoms with E-state index < -0.39 is 0 Å². The van der Waals surface area contributed by atoms with Gasteiger partial charge in [0, 0.05) is 18.0 Å². The summed E-state index contributed by atoms with van der Waals surface area (Å²) in [5.41, 5.74) is 0.345. The smallest absolute Gasteiger partial charge is 0.0465 e. The van der Waals surface area contributed by atoms with E-state index in [1.54, 1.807) is 0 Å². The molecule has 1 aliphatic rings. The molecule has 2 heteroatoms. The third-order valence-electron chi connectivity index (χ3n) is 3.32. The lowest BCUT2D eigenvalue weighted by atomic mass is 9.90. The van der Waals surface area contributed by atoms with Crippen LogP contribution in [0.4, 0.5) is 0 Å². The molecular weight excluding hydrogens is 218 g/mol. The van der Waals surface area contributed by atoms with Gasteiger partial charge in [0.15, 0.2) is 0 Å². The number of hydrogen-bond donors (Lipinski definition) is 1. The first kappa shape index (κ1) is 14.3. The zero-order chi connectivity index (χ0) is 12.0. The molecule has 1 aliphatic carbocycles. The standard InChI is InChI=1S/C14H28ClN/c1-14(2,3)10-12(15)11-16-13-8-6-4-5-7-9-13/h12-13,16H,4-11H2,1-3H3. The Kier molecular flexibility index (Phi) is 6.13. The second-order valence-electron chi connectivity index (χ2n) is 6.46. The molecule has 0 saturated heterocycles. The Morgan fingerprint density at radius 1 is 1.12 bits per heavy atom. The van der Waals surface area contributed by atoms with Crippen molar-refractivity contribution in [2.75, 3.05) is 6.54 Å². The summed E-state index contributed by atoms with van der Waals surface area (Å²) < 4.78 is 0. The van der Waals surface area contributed by atoms with E-state index in [9.17, 15) is 0 Å². The topological polar surface area (TPSA) is 12.0 Å². The molecule has 1 nitrogen and oxygen atoms in total. The van der Waals surface area contributed by atoms with Crippen LogP contribution in [0.5, 0.6) is 0 Å². The molecule has 1 rings (SSSR count).